The van der Waals surface area contributed by atoms with Crippen LogP contribution in [0.25, 0.3) is 0 Å². The molecule has 0 aliphatic carbocycles. The van der Waals surface area contributed by atoms with Crippen LogP contribution in [0.3, 0.4) is 0 Å². The number of hydrogen-bond donors (Lipinski definition) is 1. The molecule has 0 saturated carbocycles. The third kappa shape index (κ3) is 4.46. The highest BCUT2D eigenvalue weighted by molar-refractivity contribution is 5.74. The van der Waals surface area contributed by atoms with Gasteiger partial charge in [-0.15, -0.1) is 0 Å². The topological polar surface area (TPSA) is 60.0 Å². The van der Waals surface area contributed by atoms with E-state index in [0.29, 0.717) is 36.4 Å². The number of ether oxygens (including phenoxy) is 3. The van der Waals surface area contributed by atoms with Gasteiger partial charge in [-0.25, -0.2) is 4.79 Å². The van der Waals surface area contributed by atoms with E-state index in [4.69, 9.17) is 14.2 Å². The number of piperidine rings is 1. The van der Waals surface area contributed by atoms with E-state index in [-0.39, 0.29) is 6.03 Å². The van der Waals surface area contributed by atoms with Crippen LogP contribution in [0.15, 0.2) is 18.2 Å². The van der Waals surface area contributed by atoms with Crippen LogP contribution in [-0.4, -0.2) is 50.9 Å². The molecule has 1 aliphatic rings. The number of urea groups is 1. The molecule has 1 fully saturated rings. The Hall–Kier alpha value is -2.11. The fourth-order valence-electron chi connectivity index (χ4n) is 3.08. The van der Waals surface area contributed by atoms with E-state index >= 15 is 0 Å². The maximum absolute atomic E-state index is 12.3. The van der Waals surface area contributed by atoms with Gasteiger partial charge in [0.25, 0.3) is 0 Å². The summed E-state index contributed by atoms with van der Waals surface area (Å²) < 4.78 is 16.3. The molecule has 6 heteroatoms. The third-order valence-corrected chi connectivity index (χ3v) is 4.36. The molecular formula is C18H28N2O4. The maximum atomic E-state index is 12.3. The predicted octanol–water partition coefficient (Wildman–Crippen LogP) is 3.06. The second-order valence-electron chi connectivity index (χ2n) is 5.82. The number of nitrogens with zero attached hydrogens (tertiary/aromatic N) is 1. The molecule has 1 aromatic rings. The zero-order chi connectivity index (χ0) is 17.4. The van der Waals surface area contributed by atoms with Crippen molar-refractivity contribution < 1.29 is 19.0 Å². The van der Waals surface area contributed by atoms with Crippen molar-refractivity contribution in [2.45, 2.75) is 38.6 Å². The molecule has 1 N–H and O–H groups in total. The Labute approximate surface area is 144 Å². The van der Waals surface area contributed by atoms with E-state index in [9.17, 15) is 4.79 Å². The molecule has 1 aliphatic heterocycles. The van der Waals surface area contributed by atoms with E-state index in [1.54, 1.807) is 14.2 Å². The Morgan fingerprint density at radius 1 is 1.25 bits per heavy atom. The molecule has 24 heavy (non-hydrogen) atoms. The van der Waals surface area contributed by atoms with Gasteiger partial charge < -0.3 is 24.4 Å². The van der Waals surface area contributed by atoms with Gasteiger partial charge in [0.05, 0.1) is 20.8 Å². The summed E-state index contributed by atoms with van der Waals surface area (Å²) in [7, 11) is 3.17. The number of hydrogen-bond acceptors (Lipinski definition) is 4. The number of amides is 2. The van der Waals surface area contributed by atoms with E-state index in [1.165, 1.54) is 6.42 Å². The van der Waals surface area contributed by atoms with Crippen LogP contribution >= 0.6 is 0 Å². The largest absolute Gasteiger partial charge is 0.493 e. The van der Waals surface area contributed by atoms with Gasteiger partial charge in [-0.2, -0.15) is 0 Å². The zero-order valence-corrected chi connectivity index (χ0v) is 14.8. The molecule has 0 aromatic heterocycles. The van der Waals surface area contributed by atoms with Crippen LogP contribution < -0.4 is 19.5 Å². The van der Waals surface area contributed by atoms with Crippen molar-refractivity contribution in [2.24, 2.45) is 0 Å². The van der Waals surface area contributed by atoms with Crippen LogP contribution in [0.5, 0.6) is 17.2 Å². The Balaban J connectivity index is 1.81. The first kappa shape index (κ1) is 18.2. The zero-order valence-electron chi connectivity index (χ0n) is 14.8. The van der Waals surface area contributed by atoms with E-state index in [2.05, 4.69) is 12.2 Å². The van der Waals surface area contributed by atoms with Gasteiger partial charge in [0.2, 0.25) is 5.75 Å². The van der Waals surface area contributed by atoms with Crippen molar-refractivity contribution in [1.29, 1.82) is 0 Å². The molecule has 134 valence electrons. The van der Waals surface area contributed by atoms with Crippen molar-refractivity contribution in [3.63, 3.8) is 0 Å². The number of carbonyl (C=O) groups excluding carboxylic acids is 1. The quantitative estimate of drug-likeness (QED) is 0.778. The molecule has 1 unspecified atom stereocenters. The van der Waals surface area contributed by atoms with E-state index < -0.39 is 0 Å². The average molecular weight is 336 g/mol. The standard InChI is InChI=1S/C18H28N2O4/c1-4-14-8-5-6-12-20(14)18(21)19-11-13-24-16-10-7-9-15(22-2)17(16)23-3/h7,9-10,14H,4-6,8,11-13H2,1-3H3,(H,19,21). The van der Waals surface area contributed by atoms with E-state index in [0.717, 1.165) is 25.8 Å². The Morgan fingerprint density at radius 2 is 2.04 bits per heavy atom. The molecule has 1 saturated heterocycles. The van der Waals surface area contributed by atoms with Crippen molar-refractivity contribution in [3.05, 3.63) is 18.2 Å². The molecule has 1 atom stereocenters. The number of likely N-dealkylation sites (tertiary alicyclic amines) is 1. The van der Waals surface area contributed by atoms with Gasteiger partial charge in [-0.1, -0.05) is 13.0 Å². The fourth-order valence-corrected chi connectivity index (χ4v) is 3.08. The lowest BCUT2D eigenvalue weighted by molar-refractivity contribution is 0.147. The summed E-state index contributed by atoms with van der Waals surface area (Å²) >= 11 is 0. The summed E-state index contributed by atoms with van der Waals surface area (Å²) in [6.45, 7) is 3.80. The highest BCUT2D eigenvalue weighted by atomic mass is 16.5. The first-order chi connectivity index (χ1) is 11.7. The second kappa shape index (κ2) is 9.25. The first-order valence-electron chi connectivity index (χ1n) is 8.59. The molecule has 0 spiro atoms. The Bertz CT molecular complexity index is 536. The Morgan fingerprint density at radius 3 is 2.75 bits per heavy atom. The fraction of sp³-hybridized carbons (Fsp3) is 0.611. The van der Waals surface area contributed by atoms with Gasteiger partial charge in [0, 0.05) is 12.6 Å². The molecule has 0 bridgehead atoms. The van der Waals surface area contributed by atoms with Crippen LogP contribution in [0, 0.1) is 0 Å². The number of carbonyl (C=O) groups is 1. The van der Waals surface area contributed by atoms with Gasteiger partial charge >= 0.3 is 6.03 Å². The van der Waals surface area contributed by atoms with Gasteiger partial charge in [-0.3, -0.25) is 0 Å². The molecule has 1 aromatic carbocycles. The minimum absolute atomic E-state index is 0.00255. The summed E-state index contributed by atoms with van der Waals surface area (Å²) in [5, 5.41) is 2.94. The van der Waals surface area contributed by atoms with Crippen molar-refractivity contribution in [1.82, 2.24) is 10.2 Å². The number of benzene rings is 1. The van der Waals surface area contributed by atoms with Crippen LogP contribution in [-0.2, 0) is 0 Å². The summed E-state index contributed by atoms with van der Waals surface area (Å²) in [4.78, 5) is 14.3. The smallest absolute Gasteiger partial charge is 0.317 e. The maximum Gasteiger partial charge on any atom is 0.317 e. The summed E-state index contributed by atoms with van der Waals surface area (Å²) in [5.74, 6) is 1.79. The third-order valence-electron chi connectivity index (χ3n) is 4.36. The lowest BCUT2D eigenvalue weighted by Gasteiger charge is -2.35. The molecular weight excluding hydrogens is 308 g/mol. The summed E-state index contributed by atoms with van der Waals surface area (Å²) in [6.07, 6.45) is 4.40. The van der Waals surface area contributed by atoms with Crippen molar-refractivity contribution >= 4 is 6.03 Å². The predicted molar refractivity (Wildman–Crippen MR) is 93.1 cm³/mol. The molecule has 0 radical (unpaired) electrons. The molecule has 2 rings (SSSR count). The monoisotopic (exact) mass is 336 g/mol. The molecule has 1 heterocycles. The minimum atomic E-state index is 0.00255. The highest BCUT2D eigenvalue weighted by Crippen LogP contribution is 2.36. The number of methoxy groups -OCH3 is 2. The number of para-hydroxylation sites is 1. The van der Waals surface area contributed by atoms with Gasteiger partial charge in [0.1, 0.15) is 6.61 Å². The molecule has 6 nitrogen and oxygen atoms in total. The highest BCUT2D eigenvalue weighted by Gasteiger charge is 2.24. The summed E-state index contributed by atoms with van der Waals surface area (Å²) in [6, 6.07) is 5.84. The van der Waals surface area contributed by atoms with Crippen LogP contribution in [0.1, 0.15) is 32.6 Å². The van der Waals surface area contributed by atoms with Gasteiger partial charge in [-0.05, 0) is 37.8 Å². The lowest BCUT2D eigenvalue weighted by Crippen LogP contribution is -2.49. The number of rotatable bonds is 7. The second-order valence-corrected chi connectivity index (χ2v) is 5.82. The van der Waals surface area contributed by atoms with Crippen LogP contribution in [0.4, 0.5) is 4.79 Å². The van der Waals surface area contributed by atoms with Crippen LogP contribution in [0.2, 0.25) is 0 Å². The van der Waals surface area contributed by atoms with Crippen molar-refractivity contribution in [3.8, 4) is 17.2 Å². The normalized spacial score (nSPS) is 17.3. The SMILES string of the molecule is CCC1CCCCN1C(=O)NCCOc1cccc(OC)c1OC. The van der Waals surface area contributed by atoms with E-state index in [1.807, 2.05) is 23.1 Å². The van der Waals surface area contributed by atoms with Gasteiger partial charge in [0.15, 0.2) is 11.5 Å². The lowest BCUT2D eigenvalue weighted by atomic mass is 10.0. The minimum Gasteiger partial charge on any atom is -0.493 e. The first-order valence-corrected chi connectivity index (χ1v) is 8.59. The Kier molecular flexibility index (Phi) is 7.03. The summed E-state index contributed by atoms with van der Waals surface area (Å²) in [5.41, 5.74) is 0. The van der Waals surface area contributed by atoms with Crippen molar-refractivity contribution in [2.75, 3.05) is 33.9 Å². The average Bonchev–Trinajstić information content (AvgIpc) is 2.64. The molecule has 2 amide bonds. The number of nitrogens with one attached hydrogen (secondary N) is 1.